The molecule has 0 radical (unpaired) electrons. The molecule has 4 N–H and O–H groups in total. The predicted octanol–water partition coefficient (Wildman–Crippen LogP) is 4.13. The molecule has 12 heteroatoms. The number of methoxy groups -OCH3 is 2. The van der Waals surface area contributed by atoms with E-state index in [-0.39, 0.29) is 47.8 Å². The van der Waals surface area contributed by atoms with E-state index in [1.807, 2.05) is 66.7 Å². The van der Waals surface area contributed by atoms with Gasteiger partial charge in [-0.15, -0.1) is 0 Å². The van der Waals surface area contributed by atoms with Crippen LogP contribution < -0.4 is 16.0 Å². The summed E-state index contributed by atoms with van der Waals surface area (Å²) in [5, 5.41) is 19.8. The molecular formula is C39H69N5O7. The van der Waals surface area contributed by atoms with Gasteiger partial charge in [0, 0.05) is 27.8 Å². The van der Waals surface area contributed by atoms with Crippen molar-refractivity contribution < 1.29 is 33.8 Å². The van der Waals surface area contributed by atoms with Crippen LogP contribution in [-0.4, -0.2) is 110 Å². The second kappa shape index (κ2) is 22.8. The van der Waals surface area contributed by atoms with Gasteiger partial charge in [0.25, 0.3) is 0 Å². The zero-order valence-corrected chi connectivity index (χ0v) is 33.6. The van der Waals surface area contributed by atoms with Gasteiger partial charge in [0.15, 0.2) is 0 Å². The zero-order valence-electron chi connectivity index (χ0n) is 33.6. The Morgan fingerprint density at radius 2 is 1.43 bits per heavy atom. The third-order valence-electron chi connectivity index (χ3n) is 10.0. The predicted molar refractivity (Wildman–Crippen MR) is 201 cm³/mol. The fourth-order valence-electron chi connectivity index (χ4n) is 6.59. The van der Waals surface area contributed by atoms with E-state index in [0.29, 0.717) is 24.9 Å². The number of unbranched alkanes of at least 4 members (excludes halogenated alkanes) is 1. The quantitative estimate of drug-likeness (QED) is 0.124. The van der Waals surface area contributed by atoms with E-state index in [4.69, 9.17) is 9.47 Å². The average Bonchev–Trinajstić information content (AvgIpc) is 3.10. The van der Waals surface area contributed by atoms with Crippen molar-refractivity contribution in [1.82, 2.24) is 25.8 Å². The first-order valence-corrected chi connectivity index (χ1v) is 18.6. The molecule has 4 amide bonds. The van der Waals surface area contributed by atoms with Crippen LogP contribution in [0.25, 0.3) is 0 Å². The Morgan fingerprint density at radius 1 is 0.843 bits per heavy atom. The van der Waals surface area contributed by atoms with Gasteiger partial charge in [0.1, 0.15) is 12.3 Å². The number of aliphatic hydroxyl groups is 1. The highest BCUT2D eigenvalue weighted by atomic mass is 16.5. The number of likely N-dealkylation sites (N-methyl/N-ethyl adjacent to an activating group) is 2. The molecule has 1 rings (SSSR count). The van der Waals surface area contributed by atoms with Gasteiger partial charge < -0.3 is 40.3 Å². The molecule has 0 fully saturated rings. The van der Waals surface area contributed by atoms with Crippen LogP contribution in [0, 0.1) is 23.7 Å². The van der Waals surface area contributed by atoms with E-state index in [1.165, 1.54) is 14.2 Å². The first-order chi connectivity index (χ1) is 24.0. The molecule has 1 aromatic rings. The lowest BCUT2D eigenvalue weighted by Gasteiger charge is -2.41. The highest BCUT2D eigenvalue weighted by Gasteiger charge is 2.40. The lowest BCUT2D eigenvalue weighted by molar-refractivity contribution is -0.158. The second-order valence-corrected chi connectivity index (χ2v) is 14.6. The smallest absolute Gasteiger partial charge is 0.245 e. The van der Waals surface area contributed by atoms with Crippen molar-refractivity contribution in [1.29, 1.82) is 0 Å². The van der Waals surface area contributed by atoms with Crippen molar-refractivity contribution in [2.24, 2.45) is 23.7 Å². The minimum Gasteiger partial charge on any atom is -0.386 e. The fraction of sp³-hybridized carbons (Fsp3) is 0.744. The number of nitrogens with one attached hydrogen (secondary N) is 3. The molecule has 0 heterocycles. The number of ether oxygens (including phenoxy) is 2. The number of hydrogen-bond acceptors (Lipinski definition) is 8. The number of nitrogens with zero attached hydrogens (tertiary/aromatic N) is 2. The maximum absolute atomic E-state index is 14.3. The minimum atomic E-state index is -0.913. The van der Waals surface area contributed by atoms with Crippen LogP contribution in [0.1, 0.15) is 99.7 Å². The van der Waals surface area contributed by atoms with Crippen molar-refractivity contribution >= 4 is 23.6 Å². The number of rotatable bonds is 23. The van der Waals surface area contributed by atoms with Gasteiger partial charge in [-0.2, -0.15) is 0 Å². The second-order valence-electron chi connectivity index (χ2n) is 14.6. The number of hydrogen-bond donors (Lipinski definition) is 4. The normalized spacial score (nSPS) is 17.0. The standard InChI is InChI=1S/C39H69N5O7/c1-14-16-22-44(39(51-13)27(8)36(47)41-28(9)35(46)29-20-18-17-19-21-29)31(45)23-30(50-12)34(26(7)15-2)43(11)38(49)33(25(5)6)42-37(48)32(40-10)24(3)4/h17-21,24-28,30,32-35,39-40,46H,14-16,22-23H2,1-13H3,(H,41,47)(H,42,48)/t26?,27?,28?,30?,32?,33-,34?,35?,39?/m0/s1. The maximum atomic E-state index is 14.3. The zero-order chi connectivity index (χ0) is 39.0. The summed E-state index contributed by atoms with van der Waals surface area (Å²) in [6, 6.07) is 6.80. The molecule has 0 saturated heterocycles. The van der Waals surface area contributed by atoms with E-state index >= 15 is 0 Å². The Balaban J connectivity index is 3.33. The van der Waals surface area contributed by atoms with Gasteiger partial charge in [-0.25, -0.2) is 0 Å². The summed E-state index contributed by atoms with van der Waals surface area (Å²) in [6.07, 6.45) is -0.317. The van der Waals surface area contributed by atoms with Crippen LogP contribution in [-0.2, 0) is 28.7 Å². The van der Waals surface area contributed by atoms with E-state index in [0.717, 1.165) is 6.42 Å². The lowest BCUT2D eigenvalue weighted by atomic mass is 9.89. The van der Waals surface area contributed by atoms with Gasteiger partial charge in [0.2, 0.25) is 23.6 Å². The Morgan fingerprint density at radius 3 is 1.90 bits per heavy atom. The van der Waals surface area contributed by atoms with Crippen molar-refractivity contribution in [3.05, 3.63) is 35.9 Å². The van der Waals surface area contributed by atoms with Crippen molar-refractivity contribution in [3.8, 4) is 0 Å². The van der Waals surface area contributed by atoms with Crippen LogP contribution in [0.2, 0.25) is 0 Å². The fourth-order valence-corrected chi connectivity index (χ4v) is 6.59. The van der Waals surface area contributed by atoms with Crippen LogP contribution in [0.4, 0.5) is 0 Å². The summed E-state index contributed by atoms with van der Waals surface area (Å²) in [4.78, 5) is 58.3. The molecule has 0 bridgehead atoms. The van der Waals surface area contributed by atoms with Crippen LogP contribution in [0.3, 0.4) is 0 Å². The molecular weight excluding hydrogens is 650 g/mol. The van der Waals surface area contributed by atoms with E-state index in [1.54, 1.807) is 49.9 Å². The summed E-state index contributed by atoms with van der Waals surface area (Å²) in [5.41, 5.74) is 0.686. The molecule has 51 heavy (non-hydrogen) atoms. The monoisotopic (exact) mass is 720 g/mol. The number of aliphatic hydroxyl groups excluding tert-OH is 1. The van der Waals surface area contributed by atoms with Crippen molar-refractivity contribution in [2.45, 2.75) is 131 Å². The highest BCUT2D eigenvalue weighted by Crippen LogP contribution is 2.26. The topological polar surface area (TPSA) is 150 Å². The van der Waals surface area contributed by atoms with Gasteiger partial charge >= 0.3 is 0 Å². The lowest BCUT2D eigenvalue weighted by Crippen LogP contribution is -2.59. The largest absolute Gasteiger partial charge is 0.386 e. The highest BCUT2D eigenvalue weighted by molar-refractivity contribution is 5.90. The molecule has 0 aliphatic rings. The molecule has 292 valence electrons. The van der Waals surface area contributed by atoms with Gasteiger partial charge in [-0.05, 0) is 50.6 Å². The molecule has 0 aliphatic carbocycles. The van der Waals surface area contributed by atoms with Crippen molar-refractivity contribution in [2.75, 3.05) is 34.9 Å². The number of carbonyl (C=O) groups is 4. The van der Waals surface area contributed by atoms with Gasteiger partial charge in [-0.1, -0.05) is 91.6 Å². The SMILES string of the molecule is CCCCN(C(=O)CC(OC)C(C(C)CC)N(C)C(=O)[C@@H](NC(=O)C(NC)C(C)C)C(C)C)C(OC)C(C)C(=O)NC(C)C(O)c1ccccc1. The Labute approximate surface area is 307 Å². The van der Waals surface area contributed by atoms with E-state index in [9.17, 15) is 24.3 Å². The molecule has 1 aromatic carbocycles. The number of benzene rings is 1. The average molecular weight is 720 g/mol. The van der Waals surface area contributed by atoms with Crippen LogP contribution in [0.5, 0.6) is 0 Å². The summed E-state index contributed by atoms with van der Waals surface area (Å²) in [6.45, 7) is 17.5. The molecule has 0 aliphatic heterocycles. The molecule has 0 saturated carbocycles. The maximum Gasteiger partial charge on any atom is 0.245 e. The molecule has 8 unspecified atom stereocenters. The summed E-state index contributed by atoms with van der Waals surface area (Å²) >= 11 is 0. The molecule has 0 aromatic heterocycles. The first-order valence-electron chi connectivity index (χ1n) is 18.6. The van der Waals surface area contributed by atoms with Gasteiger partial charge in [0.05, 0.1) is 42.7 Å². The Bertz CT molecular complexity index is 1200. The Kier molecular flexibility index (Phi) is 20.5. The first kappa shape index (κ1) is 46.0. The number of amides is 4. The number of carbonyl (C=O) groups excluding carboxylic acids is 4. The van der Waals surface area contributed by atoms with Gasteiger partial charge in [-0.3, -0.25) is 19.2 Å². The Hall–Kier alpha value is -3.06. The summed E-state index contributed by atoms with van der Waals surface area (Å²) < 4.78 is 11.8. The molecule has 12 nitrogen and oxygen atoms in total. The van der Waals surface area contributed by atoms with Crippen molar-refractivity contribution in [3.63, 3.8) is 0 Å². The van der Waals surface area contributed by atoms with E-state index in [2.05, 4.69) is 16.0 Å². The van der Waals surface area contributed by atoms with Crippen LogP contribution >= 0.6 is 0 Å². The summed E-state index contributed by atoms with van der Waals surface area (Å²) in [5.74, 6) is -2.11. The van der Waals surface area contributed by atoms with E-state index < -0.39 is 48.5 Å². The van der Waals surface area contributed by atoms with Crippen LogP contribution in [0.15, 0.2) is 30.3 Å². The molecule has 9 atom stereocenters. The molecule has 0 spiro atoms. The summed E-state index contributed by atoms with van der Waals surface area (Å²) in [7, 11) is 6.44. The minimum absolute atomic E-state index is 0.0250. The third-order valence-corrected chi connectivity index (χ3v) is 10.0. The third kappa shape index (κ3) is 13.1.